The van der Waals surface area contributed by atoms with E-state index in [2.05, 4.69) is 10.3 Å². The molecule has 0 aliphatic carbocycles. The number of carbonyl (C=O) groups excluding carboxylic acids is 1. The molecule has 0 fully saturated rings. The van der Waals surface area contributed by atoms with Crippen molar-refractivity contribution in [2.45, 2.75) is 19.0 Å². The van der Waals surface area contributed by atoms with Gasteiger partial charge in [-0.2, -0.15) is 0 Å². The van der Waals surface area contributed by atoms with Gasteiger partial charge in [-0.1, -0.05) is 12.1 Å². The fourth-order valence-corrected chi connectivity index (χ4v) is 2.57. The van der Waals surface area contributed by atoms with Gasteiger partial charge in [0.1, 0.15) is 10.8 Å². The Hall–Kier alpha value is -1.83. The van der Waals surface area contributed by atoms with Crippen molar-refractivity contribution >= 4 is 17.2 Å². The van der Waals surface area contributed by atoms with Gasteiger partial charge in [0.05, 0.1) is 24.8 Å². The monoisotopic (exact) mass is 309 g/mol. The Morgan fingerprint density at radius 3 is 3.05 bits per heavy atom. The summed E-state index contributed by atoms with van der Waals surface area (Å²) in [5.41, 5.74) is 6.92. The minimum atomic E-state index is -0.523. The van der Waals surface area contributed by atoms with E-state index in [0.717, 1.165) is 0 Å². The molecule has 1 aromatic carbocycles. The van der Waals surface area contributed by atoms with Crippen molar-refractivity contribution in [3.05, 3.63) is 51.7 Å². The van der Waals surface area contributed by atoms with Crippen molar-refractivity contribution in [3.63, 3.8) is 0 Å². The summed E-state index contributed by atoms with van der Waals surface area (Å²) < 4.78 is 13.0. The summed E-state index contributed by atoms with van der Waals surface area (Å²) in [4.78, 5) is 16.0. The van der Waals surface area contributed by atoms with Crippen LogP contribution in [0.1, 0.15) is 22.3 Å². The van der Waals surface area contributed by atoms with E-state index in [-0.39, 0.29) is 31.3 Å². The van der Waals surface area contributed by atoms with E-state index in [0.29, 0.717) is 16.3 Å². The van der Waals surface area contributed by atoms with Gasteiger partial charge in [0.2, 0.25) is 5.91 Å². The maximum Gasteiger partial charge on any atom is 0.227 e. The first-order chi connectivity index (χ1) is 10.1. The third-order valence-corrected chi connectivity index (χ3v) is 3.70. The molecule has 0 saturated carbocycles. The van der Waals surface area contributed by atoms with Gasteiger partial charge < -0.3 is 16.2 Å². The number of nitrogens with zero attached hydrogens (tertiary/aromatic N) is 1. The highest BCUT2D eigenvalue weighted by molar-refractivity contribution is 7.09. The molecule has 1 heterocycles. The van der Waals surface area contributed by atoms with E-state index in [1.807, 2.05) is 0 Å². The third-order valence-electron chi connectivity index (χ3n) is 2.84. The topological polar surface area (TPSA) is 88.2 Å². The largest absolute Gasteiger partial charge is 0.394 e. The number of aliphatic hydroxyl groups is 1. The first kappa shape index (κ1) is 15.6. The maximum atomic E-state index is 13.0. The van der Waals surface area contributed by atoms with Gasteiger partial charge in [-0.3, -0.25) is 4.79 Å². The van der Waals surface area contributed by atoms with Crippen LogP contribution in [0, 0.1) is 5.82 Å². The minimum absolute atomic E-state index is 0.137. The van der Waals surface area contributed by atoms with Crippen LogP contribution in [0.4, 0.5) is 4.39 Å². The Labute approximate surface area is 125 Å². The van der Waals surface area contributed by atoms with Crippen LogP contribution in [0.5, 0.6) is 0 Å². The van der Waals surface area contributed by atoms with Gasteiger partial charge in [0.25, 0.3) is 0 Å². The Bertz CT molecular complexity index is 618. The molecule has 0 radical (unpaired) electrons. The van der Waals surface area contributed by atoms with Crippen LogP contribution in [-0.4, -0.2) is 22.6 Å². The molecule has 5 nitrogen and oxygen atoms in total. The first-order valence-corrected chi connectivity index (χ1v) is 7.28. The van der Waals surface area contributed by atoms with Crippen molar-refractivity contribution < 1.29 is 14.3 Å². The zero-order valence-electron chi connectivity index (χ0n) is 11.3. The van der Waals surface area contributed by atoms with Gasteiger partial charge in [-0.15, -0.1) is 11.3 Å². The molecule has 21 heavy (non-hydrogen) atoms. The lowest BCUT2D eigenvalue weighted by Crippen LogP contribution is -2.24. The van der Waals surface area contributed by atoms with E-state index in [9.17, 15) is 9.18 Å². The number of rotatable bonds is 6. The van der Waals surface area contributed by atoms with Crippen LogP contribution < -0.4 is 11.1 Å². The number of aliphatic hydroxyl groups excluding tert-OH is 1. The number of halogens is 1. The predicted molar refractivity (Wildman–Crippen MR) is 78.1 cm³/mol. The molecular formula is C14H16FN3O2S. The summed E-state index contributed by atoms with van der Waals surface area (Å²) in [6, 6.07) is 5.55. The minimum Gasteiger partial charge on any atom is -0.394 e. The van der Waals surface area contributed by atoms with Gasteiger partial charge in [-0.05, 0) is 17.7 Å². The van der Waals surface area contributed by atoms with Crippen molar-refractivity contribution in [1.82, 2.24) is 10.3 Å². The summed E-state index contributed by atoms with van der Waals surface area (Å²) in [5, 5.41) is 14.0. The molecule has 112 valence electrons. The zero-order chi connectivity index (χ0) is 15.2. The third kappa shape index (κ3) is 4.59. The Balaban J connectivity index is 1.86. The molecule has 0 spiro atoms. The van der Waals surface area contributed by atoms with E-state index in [4.69, 9.17) is 10.8 Å². The summed E-state index contributed by atoms with van der Waals surface area (Å²) in [5.74, 6) is -0.526. The fourth-order valence-electron chi connectivity index (χ4n) is 1.72. The summed E-state index contributed by atoms with van der Waals surface area (Å²) in [6.45, 7) is 0.0833. The summed E-state index contributed by atoms with van der Waals surface area (Å²) in [6.07, 6.45) is 0.137. The molecule has 7 heteroatoms. The molecule has 4 N–H and O–H groups in total. The highest BCUT2D eigenvalue weighted by atomic mass is 32.1. The van der Waals surface area contributed by atoms with Gasteiger partial charge >= 0.3 is 0 Å². The Kier molecular flexibility index (Phi) is 5.38. The molecule has 1 amide bonds. The van der Waals surface area contributed by atoms with Gasteiger partial charge in [0, 0.05) is 11.9 Å². The number of nitrogens with two attached hydrogens (primary N) is 1. The smallest absolute Gasteiger partial charge is 0.227 e. The molecule has 2 rings (SSSR count). The number of aromatic nitrogens is 1. The molecule has 0 aliphatic rings. The van der Waals surface area contributed by atoms with Crippen LogP contribution in [0.2, 0.25) is 0 Å². The summed E-state index contributed by atoms with van der Waals surface area (Å²) in [7, 11) is 0. The lowest BCUT2D eigenvalue weighted by molar-refractivity contribution is -0.120. The molecule has 1 atom stereocenters. The highest BCUT2D eigenvalue weighted by Crippen LogP contribution is 2.15. The van der Waals surface area contributed by atoms with E-state index < -0.39 is 6.04 Å². The number of thiazole rings is 1. The van der Waals surface area contributed by atoms with Crippen molar-refractivity contribution in [1.29, 1.82) is 0 Å². The number of nitrogens with one attached hydrogen (secondary N) is 1. The second-order valence-electron chi connectivity index (χ2n) is 4.54. The second-order valence-corrected chi connectivity index (χ2v) is 5.48. The predicted octanol–water partition coefficient (Wildman–Crippen LogP) is 1.13. The molecule has 2 aromatic rings. The van der Waals surface area contributed by atoms with Crippen LogP contribution in [0.15, 0.2) is 29.6 Å². The SMILES string of the molecule is NC(CO)c1csc(CC(=O)NCc2cccc(F)c2)n1. The average Bonchev–Trinajstić information content (AvgIpc) is 2.93. The van der Waals surface area contributed by atoms with Crippen LogP contribution >= 0.6 is 11.3 Å². The standard InChI is InChI=1S/C14H16FN3O2S/c15-10-3-1-2-9(4-10)6-17-13(20)5-14-18-12(8-21-14)11(16)7-19/h1-4,8,11,19H,5-7,16H2,(H,17,20). The quantitative estimate of drug-likeness (QED) is 0.746. The van der Waals surface area contributed by atoms with Crippen LogP contribution in [0.25, 0.3) is 0 Å². The lowest BCUT2D eigenvalue weighted by atomic mass is 10.2. The average molecular weight is 309 g/mol. The zero-order valence-corrected chi connectivity index (χ0v) is 12.1. The van der Waals surface area contributed by atoms with Crippen molar-refractivity contribution in [3.8, 4) is 0 Å². The normalized spacial score (nSPS) is 12.1. The van der Waals surface area contributed by atoms with Gasteiger partial charge in [0.15, 0.2) is 0 Å². The highest BCUT2D eigenvalue weighted by Gasteiger charge is 2.12. The van der Waals surface area contributed by atoms with E-state index in [1.54, 1.807) is 17.5 Å². The number of hydrogen-bond acceptors (Lipinski definition) is 5. The molecule has 0 saturated heterocycles. The number of benzene rings is 1. The molecule has 0 aliphatic heterocycles. The number of carbonyl (C=O) groups is 1. The van der Waals surface area contributed by atoms with Crippen LogP contribution in [-0.2, 0) is 17.8 Å². The summed E-state index contributed by atoms with van der Waals surface area (Å²) >= 11 is 1.32. The maximum absolute atomic E-state index is 13.0. The van der Waals surface area contributed by atoms with Crippen molar-refractivity contribution in [2.75, 3.05) is 6.61 Å². The molecular weight excluding hydrogens is 293 g/mol. The second kappa shape index (κ2) is 7.26. The van der Waals surface area contributed by atoms with Crippen molar-refractivity contribution in [2.24, 2.45) is 5.73 Å². The number of hydrogen-bond donors (Lipinski definition) is 3. The Morgan fingerprint density at radius 1 is 1.52 bits per heavy atom. The van der Waals surface area contributed by atoms with Gasteiger partial charge in [-0.25, -0.2) is 9.37 Å². The van der Waals surface area contributed by atoms with Crippen LogP contribution in [0.3, 0.4) is 0 Å². The van der Waals surface area contributed by atoms with E-state index in [1.165, 1.54) is 23.5 Å². The Morgan fingerprint density at radius 2 is 2.33 bits per heavy atom. The molecule has 1 aromatic heterocycles. The number of amides is 1. The lowest BCUT2D eigenvalue weighted by Gasteiger charge is -2.04. The molecule has 0 bridgehead atoms. The fraction of sp³-hybridized carbons (Fsp3) is 0.286. The first-order valence-electron chi connectivity index (χ1n) is 6.40. The molecule has 1 unspecified atom stereocenters. The van der Waals surface area contributed by atoms with E-state index >= 15 is 0 Å².